The molecule has 0 unspecified atom stereocenters. The number of esters is 1. The third-order valence-electron chi connectivity index (χ3n) is 3.24. The van der Waals surface area contributed by atoms with Crippen LogP contribution in [0.25, 0.3) is 5.69 Å². The summed E-state index contributed by atoms with van der Waals surface area (Å²) in [6, 6.07) is 5.75. The Bertz CT molecular complexity index is 656. The van der Waals surface area contributed by atoms with E-state index < -0.39 is 0 Å². The van der Waals surface area contributed by atoms with Gasteiger partial charge in [0.25, 0.3) is 0 Å². The van der Waals surface area contributed by atoms with Crippen LogP contribution in [0.2, 0.25) is 5.02 Å². The molecular formula is C14H13ClN2O2S. The number of halogens is 1. The summed E-state index contributed by atoms with van der Waals surface area (Å²) < 4.78 is 6.94. The van der Waals surface area contributed by atoms with Gasteiger partial charge in [0.15, 0.2) is 5.16 Å². The van der Waals surface area contributed by atoms with Gasteiger partial charge in [-0.15, -0.1) is 0 Å². The highest BCUT2D eigenvalue weighted by molar-refractivity contribution is 8.00. The lowest BCUT2D eigenvalue weighted by atomic mass is 10.2. The Kier molecular flexibility index (Phi) is 3.72. The maximum atomic E-state index is 11.6. The number of thioether (sulfide) groups is 1. The zero-order valence-electron chi connectivity index (χ0n) is 10.9. The van der Waals surface area contributed by atoms with E-state index in [1.807, 2.05) is 35.9 Å². The number of hydrogen-bond donors (Lipinski definition) is 0. The van der Waals surface area contributed by atoms with Crippen LogP contribution in [0.5, 0.6) is 0 Å². The lowest BCUT2D eigenvalue weighted by Crippen LogP contribution is -2.11. The largest absolute Gasteiger partial charge is 0.465 e. The first-order valence-corrected chi connectivity index (χ1v) is 7.54. The minimum Gasteiger partial charge on any atom is -0.465 e. The summed E-state index contributed by atoms with van der Waals surface area (Å²) >= 11 is 7.60. The SMILES string of the molecule is Cc1c(Cl)cccc1-n1ccnc1S[C@H]1CCOC1=O. The summed E-state index contributed by atoms with van der Waals surface area (Å²) in [6.45, 7) is 2.46. The standard InChI is InChI=1S/C14H13ClN2O2S/c1-9-10(15)3-2-4-11(9)17-7-6-16-14(17)20-12-5-8-19-13(12)18/h2-4,6-7,12H,5,8H2,1H3/t12-/m0/s1. The lowest BCUT2D eigenvalue weighted by molar-refractivity contribution is -0.137. The molecule has 1 fully saturated rings. The molecule has 0 N–H and O–H groups in total. The summed E-state index contributed by atoms with van der Waals surface area (Å²) in [6.07, 6.45) is 4.33. The first kappa shape index (κ1) is 13.5. The van der Waals surface area contributed by atoms with Gasteiger partial charge < -0.3 is 4.74 Å². The molecule has 0 saturated carbocycles. The van der Waals surface area contributed by atoms with Gasteiger partial charge in [0.2, 0.25) is 0 Å². The van der Waals surface area contributed by atoms with Crippen LogP contribution in [0.4, 0.5) is 0 Å². The van der Waals surface area contributed by atoms with E-state index in [2.05, 4.69) is 4.98 Å². The van der Waals surface area contributed by atoms with E-state index in [-0.39, 0.29) is 11.2 Å². The molecule has 1 atom stereocenters. The van der Waals surface area contributed by atoms with Gasteiger partial charge in [-0.2, -0.15) is 0 Å². The molecule has 1 saturated heterocycles. The van der Waals surface area contributed by atoms with Crippen molar-refractivity contribution < 1.29 is 9.53 Å². The molecule has 4 nitrogen and oxygen atoms in total. The number of carbonyl (C=O) groups excluding carboxylic acids is 1. The maximum Gasteiger partial charge on any atom is 0.319 e. The highest BCUT2D eigenvalue weighted by atomic mass is 35.5. The van der Waals surface area contributed by atoms with Gasteiger partial charge in [-0.3, -0.25) is 9.36 Å². The van der Waals surface area contributed by atoms with Crippen molar-refractivity contribution in [3.05, 3.63) is 41.2 Å². The summed E-state index contributed by atoms with van der Waals surface area (Å²) in [4.78, 5) is 15.9. The second-order valence-corrected chi connectivity index (χ2v) is 6.10. The summed E-state index contributed by atoms with van der Waals surface area (Å²) in [5.74, 6) is -0.160. The second kappa shape index (κ2) is 5.50. The number of rotatable bonds is 3. The molecule has 6 heteroatoms. The molecule has 0 aliphatic carbocycles. The van der Waals surface area contributed by atoms with Gasteiger partial charge in [0.1, 0.15) is 5.25 Å². The van der Waals surface area contributed by atoms with Gasteiger partial charge in [-0.25, -0.2) is 4.98 Å². The summed E-state index contributed by atoms with van der Waals surface area (Å²) in [5.41, 5.74) is 1.96. The van der Waals surface area contributed by atoms with Crippen LogP contribution in [0.3, 0.4) is 0 Å². The maximum absolute atomic E-state index is 11.6. The normalized spacial score (nSPS) is 18.3. The van der Waals surface area contributed by atoms with Crippen LogP contribution in [0, 0.1) is 6.92 Å². The molecule has 0 amide bonds. The van der Waals surface area contributed by atoms with E-state index in [0.29, 0.717) is 11.6 Å². The number of nitrogens with zero attached hydrogens (tertiary/aromatic N) is 2. The predicted octanol–water partition coefficient (Wildman–Crippen LogP) is 3.24. The van der Waals surface area contributed by atoms with Crippen molar-refractivity contribution in [3.8, 4) is 5.69 Å². The minimum absolute atomic E-state index is 0.160. The molecule has 0 spiro atoms. The highest BCUT2D eigenvalue weighted by Gasteiger charge is 2.29. The van der Waals surface area contributed by atoms with E-state index in [0.717, 1.165) is 22.8 Å². The Labute approximate surface area is 126 Å². The Morgan fingerprint density at radius 1 is 1.50 bits per heavy atom. The van der Waals surface area contributed by atoms with Gasteiger partial charge >= 0.3 is 5.97 Å². The summed E-state index contributed by atoms with van der Waals surface area (Å²) in [7, 11) is 0. The minimum atomic E-state index is -0.171. The van der Waals surface area contributed by atoms with Crippen LogP contribution in [-0.2, 0) is 9.53 Å². The van der Waals surface area contributed by atoms with Crippen LogP contribution in [-0.4, -0.2) is 27.4 Å². The molecular weight excluding hydrogens is 296 g/mol. The number of benzene rings is 1. The number of imidazole rings is 1. The Hall–Kier alpha value is -1.46. The van der Waals surface area contributed by atoms with Crippen molar-refractivity contribution in [1.29, 1.82) is 0 Å². The number of cyclic esters (lactones) is 1. The highest BCUT2D eigenvalue weighted by Crippen LogP contribution is 2.31. The number of aromatic nitrogens is 2. The van der Waals surface area contributed by atoms with Crippen LogP contribution < -0.4 is 0 Å². The van der Waals surface area contributed by atoms with Crippen molar-refractivity contribution in [2.75, 3.05) is 6.61 Å². The zero-order valence-corrected chi connectivity index (χ0v) is 12.4. The van der Waals surface area contributed by atoms with Crippen molar-refractivity contribution in [2.45, 2.75) is 23.8 Å². The fourth-order valence-corrected chi connectivity index (χ4v) is 3.33. The van der Waals surface area contributed by atoms with E-state index in [1.54, 1.807) is 6.20 Å². The topological polar surface area (TPSA) is 44.1 Å². The Morgan fingerprint density at radius 2 is 2.35 bits per heavy atom. The first-order chi connectivity index (χ1) is 9.66. The molecule has 0 radical (unpaired) electrons. The van der Waals surface area contributed by atoms with E-state index in [4.69, 9.17) is 16.3 Å². The molecule has 20 heavy (non-hydrogen) atoms. The van der Waals surface area contributed by atoms with Crippen molar-refractivity contribution in [3.63, 3.8) is 0 Å². The van der Waals surface area contributed by atoms with E-state index in [1.165, 1.54) is 11.8 Å². The van der Waals surface area contributed by atoms with E-state index >= 15 is 0 Å². The number of hydrogen-bond acceptors (Lipinski definition) is 4. The van der Waals surface area contributed by atoms with Crippen molar-refractivity contribution in [2.24, 2.45) is 0 Å². The van der Waals surface area contributed by atoms with Gasteiger partial charge in [0, 0.05) is 23.8 Å². The Morgan fingerprint density at radius 3 is 3.10 bits per heavy atom. The molecule has 2 heterocycles. The second-order valence-electron chi connectivity index (χ2n) is 4.53. The van der Waals surface area contributed by atoms with Gasteiger partial charge in [-0.05, 0) is 24.6 Å². The van der Waals surface area contributed by atoms with Crippen molar-refractivity contribution >= 4 is 29.3 Å². The molecule has 2 aromatic rings. The fourth-order valence-electron chi connectivity index (χ4n) is 2.13. The summed E-state index contributed by atoms with van der Waals surface area (Å²) in [5, 5.41) is 1.32. The van der Waals surface area contributed by atoms with E-state index in [9.17, 15) is 4.79 Å². The van der Waals surface area contributed by atoms with Crippen molar-refractivity contribution in [1.82, 2.24) is 9.55 Å². The average molecular weight is 309 g/mol. The van der Waals surface area contributed by atoms with Crippen LogP contribution in [0.15, 0.2) is 35.7 Å². The molecule has 1 aliphatic rings. The van der Waals surface area contributed by atoms with Gasteiger partial charge in [0.05, 0.1) is 12.3 Å². The third-order valence-corrected chi connectivity index (χ3v) is 4.88. The molecule has 3 rings (SSSR count). The number of carbonyl (C=O) groups is 1. The average Bonchev–Trinajstić information content (AvgIpc) is 3.04. The first-order valence-electron chi connectivity index (χ1n) is 6.29. The van der Waals surface area contributed by atoms with Crippen LogP contribution >= 0.6 is 23.4 Å². The molecule has 0 bridgehead atoms. The lowest BCUT2D eigenvalue weighted by Gasteiger charge is -2.12. The molecule has 1 aromatic heterocycles. The number of ether oxygens (including phenoxy) is 1. The Balaban J connectivity index is 1.94. The van der Waals surface area contributed by atoms with Crippen LogP contribution in [0.1, 0.15) is 12.0 Å². The van der Waals surface area contributed by atoms with Gasteiger partial charge in [-0.1, -0.05) is 29.4 Å². The zero-order chi connectivity index (χ0) is 14.1. The monoisotopic (exact) mass is 308 g/mol. The molecule has 1 aliphatic heterocycles. The quantitative estimate of drug-likeness (QED) is 0.817. The predicted molar refractivity (Wildman–Crippen MR) is 78.5 cm³/mol. The smallest absolute Gasteiger partial charge is 0.319 e. The third kappa shape index (κ3) is 2.43. The molecule has 104 valence electrons. The fraction of sp³-hybridized carbons (Fsp3) is 0.286. The molecule has 1 aromatic carbocycles.